The van der Waals surface area contributed by atoms with E-state index in [2.05, 4.69) is 16.8 Å². The molecule has 1 aromatic heterocycles. The smallest absolute Gasteiger partial charge is 0.186 e. The van der Waals surface area contributed by atoms with Crippen molar-refractivity contribution in [3.05, 3.63) is 28.0 Å². The number of carbonyl (C=O) groups excluding carboxylic acids is 1. The maximum absolute atomic E-state index is 10.6. The number of pyridine rings is 1. The van der Waals surface area contributed by atoms with Gasteiger partial charge in [0, 0.05) is 12.5 Å². The Morgan fingerprint density at radius 3 is 2.60 bits per heavy atom. The average molecular weight is 260 g/mol. The molecule has 0 saturated heterocycles. The molecular weight excluding hydrogens is 253 g/mol. The Bertz CT molecular complexity index is 417. The lowest BCUT2D eigenvalue weighted by molar-refractivity contribution is -0.109. The van der Waals surface area contributed by atoms with Crippen LogP contribution in [-0.4, -0.2) is 15.9 Å². The Hall–Kier alpha value is -0.690. The summed E-state index contributed by atoms with van der Waals surface area (Å²) in [5, 5.41) is 0.673. The van der Waals surface area contributed by atoms with E-state index in [9.17, 15) is 4.79 Å². The summed E-state index contributed by atoms with van der Waals surface area (Å²) < 4.78 is 0. The van der Waals surface area contributed by atoms with Gasteiger partial charge in [-0.25, -0.2) is 4.98 Å². The third-order valence-electron chi connectivity index (χ3n) is 1.34. The van der Waals surface area contributed by atoms with Crippen LogP contribution in [0.4, 0.5) is 0 Å². The van der Waals surface area contributed by atoms with Crippen LogP contribution in [0.2, 0.25) is 10.3 Å². The zero-order chi connectivity index (χ0) is 11.3. The van der Waals surface area contributed by atoms with Crippen molar-refractivity contribution in [1.29, 1.82) is 0 Å². The Balaban J connectivity index is 2.67. The van der Waals surface area contributed by atoms with E-state index in [-0.39, 0.29) is 5.12 Å². The van der Waals surface area contributed by atoms with Crippen molar-refractivity contribution in [3.63, 3.8) is 0 Å². The van der Waals surface area contributed by atoms with Crippen LogP contribution in [0, 0.1) is 11.8 Å². The first-order valence-corrected chi connectivity index (χ1v) is 5.77. The maximum Gasteiger partial charge on any atom is 0.186 e. The Kier molecular flexibility index (Phi) is 4.97. The van der Waals surface area contributed by atoms with Gasteiger partial charge in [-0.1, -0.05) is 46.8 Å². The summed E-state index contributed by atoms with van der Waals surface area (Å²) in [4.78, 5) is 14.4. The molecule has 15 heavy (non-hydrogen) atoms. The number of thioether (sulfide) groups is 1. The van der Waals surface area contributed by atoms with Crippen LogP contribution in [-0.2, 0) is 4.79 Å². The predicted octanol–water partition coefficient (Wildman–Crippen LogP) is 3.02. The fraction of sp³-hybridized carbons (Fsp3) is 0.200. The van der Waals surface area contributed by atoms with Gasteiger partial charge in [0.15, 0.2) is 5.12 Å². The number of nitrogens with zero attached hydrogens (tertiary/aromatic N) is 1. The van der Waals surface area contributed by atoms with Crippen molar-refractivity contribution < 1.29 is 4.79 Å². The number of halogens is 2. The quantitative estimate of drug-likeness (QED) is 0.574. The summed E-state index contributed by atoms with van der Waals surface area (Å²) in [5.74, 6) is 6.15. The molecule has 0 N–H and O–H groups in total. The molecular formula is C10H7Cl2NOS. The molecule has 0 radical (unpaired) electrons. The van der Waals surface area contributed by atoms with Gasteiger partial charge in [0.25, 0.3) is 0 Å². The summed E-state index contributed by atoms with van der Waals surface area (Å²) in [5.41, 5.74) is 0.698. The molecule has 1 aromatic rings. The topological polar surface area (TPSA) is 30.0 Å². The van der Waals surface area contributed by atoms with Crippen molar-refractivity contribution in [1.82, 2.24) is 4.98 Å². The fourth-order valence-corrected chi connectivity index (χ4v) is 1.62. The molecule has 0 fully saturated rings. The van der Waals surface area contributed by atoms with E-state index in [1.165, 1.54) is 6.92 Å². The second-order valence-electron chi connectivity index (χ2n) is 2.58. The van der Waals surface area contributed by atoms with Gasteiger partial charge < -0.3 is 0 Å². The Morgan fingerprint density at radius 1 is 1.47 bits per heavy atom. The zero-order valence-electron chi connectivity index (χ0n) is 7.88. The maximum atomic E-state index is 10.6. The largest absolute Gasteiger partial charge is 0.288 e. The first kappa shape index (κ1) is 12.4. The van der Waals surface area contributed by atoms with E-state index in [1.54, 1.807) is 12.1 Å². The number of hydrogen-bond donors (Lipinski definition) is 0. The summed E-state index contributed by atoms with van der Waals surface area (Å²) in [6.45, 7) is 1.51. The highest BCUT2D eigenvalue weighted by molar-refractivity contribution is 8.13. The second-order valence-corrected chi connectivity index (χ2v) is 4.51. The van der Waals surface area contributed by atoms with Crippen LogP contribution in [0.1, 0.15) is 12.5 Å². The highest BCUT2D eigenvalue weighted by atomic mass is 35.5. The standard InChI is InChI=1S/C10H7Cl2NOS/c1-7(14)15-4-2-3-8-5-9(11)13-10(12)6-8/h5-6H,4H2,1H3. The highest BCUT2D eigenvalue weighted by Crippen LogP contribution is 2.13. The third-order valence-corrected chi connectivity index (χ3v) is 2.43. The van der Waals surface area contributed by atoms with Gasteiger partial charge in [-0.05, 0) is 12.1 Å². The molecule has 2 nitrogen and oxygen atoms in total. The van der Waals surface area contributed by atoms with Gasteiger partial charge in [0.1, 0.15) is 10.3 Å². The lowest BCUT2D eigenvalue weighted by Crippen LogP contribution is -1.83. The molecule has 0 bridgehead atoms. The Morgan fingerprint density at radius 2 is 2.07 bits per heavy atom. The van der Waals surface area contributed by atoms with E-state index in [0.717, 1.165) is 11.8 Å². The summed E-state index contributed by atoms with van der Waals surface area (Å²) in [6.07, 6.45) is 0. The third kappa shape index (κ3) is 5.08. The van der Waals surface area contributed by atoms with Gasteiger partial charge >= 0.3 is 0 Å². The second kappa shape index (κ2) is 6.02. The van der Waals surface area contributed by atoms with Crippen LogP contribution in [0.25, 0.3) is 0 Å². The van der Waals surface area contributed by atoms with Crippen LogP contribution in [0.3, 0.4) is 0 Å². The minimum atomic E-state index is 0.0510. The molecule has 5 heteroatoms. The molecule has 0 aliphatic rings. The lowest BCUT2D eigenvalue weighted by Gasteiger charge is -1.93. The van der Waals surface area contributed by atoms with Crippen LogP contribution >= 0.6 is 35.0 Å². The molecule has 1 heterocycles. The summed E-state index contributed by atoms with van der Waals surface area (Å²) in [7, 11) is 0. The van der Waals surface area contributed by atoms with Crippen molar-refractivity contribution in [2.24, 2.45) is 0 Å². The molecule has 0 atom stereocenters. The van der Waals surface area contributed by atoms with E-state index in [4.69, 9.17) is 23.2 Å². The normalized spacial score (nSPS) is 9.27. The van der Waals surface area contributed by atoms with Crippen LogP contribution in [0.15, 0.2) is 12.1 Å². The number of aromatic nitrogens is 1. The molecule has 0 aliphatic heterocycles. The average Bonchev–Trinajstić information content (AvgIpc) is 2.10. The number of carbonyl (C=O) groups is 1. The molecule has 0 spiro atoms. The van der Waals surface area contributed by atoms with Crippen molar-refractivity contribution in [2.45, 2.75) is 6.92 Å². The minimum Gasteiger partial charge on any atom is -0.288 e. The first-order chi connectivity index (χ1) is 7.08. The first-order valence-electron chi connectivity index (χ1n) is 4.03. The lowest BCUT2D eigenvalue weighted by atomic mass is 10.3. The summed E-state index contributed by atoms with van der Waals surface area (Å²) >= 11 is 12.5. The van der Waals surface area contributed by atoms with Crippen molar-refractivity contribution in [3.8, 4) is 11.8 Å². The van der Waals surface area contributed by atoms with E-state index in [0.29, 0.717) is 21.6 Å². The van der Waals surface area contributed by atoms with Gasteiger partial charge in [-0.15, -0.1) is 0 Å². The van der Waals surface area contributed by atoms with Crippen molar-refractivity contribution in [2.75, 3.05) is 5.75 Å². The zero-order valence-corrected chi connectivity index (χ0v) is 10.2. The van der Waals surface area contributed by atoms with E-state index < -0.39 is 0 Å². The monoisotopic (exact) mass is 259 g/mol. The van der Waals surface area contributed by atoms with Crippen molar-refractivity contribution >= 4 is 40.1 Å². The van der Waals surface area contributed by atoms with E-state index in [1.807, 2.05) is 0 Å². The molecule has 0 unspecified atom stereocenters. The SMILES string of the molecule is CC(=O)SCC#Cc1cc(Cl)nc(Cl)c1. The van der Waals surface area contributed by atoms with Gasteiger partial charge in [0.2, 0.25) is 0 Å². The molecule has 78 valence electrons. The highest BCUT2D eigenvalue weighted by Gasteiger charge is 1.96. The van der Waals surface area contributed by atoms with Crippen LogP contribution < -0.4 is 0 Å². The van der Waals surface area contributed by atoms with Gasteiger partial charge in [0.05, 0.1) is 5.75 Å². The molecule has 0 aromatic carbocycles. The molecule has 0 amide bonds. The van der Waals surface area contributed by atoms with Crippen LogP contribution in [0.5, 0.6) is 0 Å². The molecule has 0 aliphatic carbocycles. The minimum absolute atomic E-state index is 0.0510. The van der Waals surface area contributed by atoms with Gasteiger partial charge in [-0.2, -0.15) is 0 Å². The Labute approximate surface area is 102 Å². The fourth-order valence-electron chi connectivity index (χ4n) is 0.813. The molecule has 1 rings (SSSR count). The molecule has 0 saturated carbocycles. The summed E-state index contributed by atoms with van der Waals surface area (Å²) in [6, 6.07) is 3.25. The predicted molar refractivity (Wildman–Crippen MR) is 64.3 cm³/mol. The number of rotatable bonds is 1. The number of hydrogen-bond acceptors (Lipinski definition) is 3. The van der Waals surface area contributed by atoms with Gasteiger partial charge in [-0.3, -0.25) is 4.79 Å². The van der Waals surface area contributed by atoms with E-state index >= 15 is 0 Å².